The maximum Gasteiger partial charge on any atom is 0.349 e. The highest BCUT2D eigenvalue weighted by Gasteiger charge is 2.25. The van der Waals surface area contributed by atoms with E-state index in [1.165, 1.54) is 0 Å². The van der Waals surface area contributed by atoms with E-state index >= 15 is 0 Å². The maximum absolute atomic E-state index is 12.7. The van der Waals surface area contributed by atoms with Crippen molar-refractivity contribution in [2.75, 3.05) is 39.3 Å². The zero-order valence-electron chi connectivity index (χ0n) is 14.2. The molecule has 3 rings (SSSR count). The first-order valence-corrected chi connectivity index (χ1v) is 8.39. The molecular weight excluding hydrogens is 322 g/mol. The quantitative estimate of drug-likeness (QED) is 0.826. The third-order valence-corrected chi connectivity index (χ3v) is 4.27. The number of likely N-dealkylation sites (N-methyl/N-ethyl adjacent to an activating group) is 1. The van der Waals surface area contributed by atoms with Gasteiger partial charge in [-0.3, -0.25) is 14.5 Å². The van der Waals surface area contributed by atoms with Crippen LogP contribution in [0.4, 0.5) is 0 Å². The summed E-state index contributed by atoms with van der Waals surface area (Å²) in [6.45, 7) is 4.96. The minimum atomic E-state index is -0.617. The largest absolute Gasteiger partial charge is 0.422 e. The maximum atomic E-state index is 12.7. The van der Waals surface area contributed by atoms with Crippen molar-refractivity contribution in [3.63, 3.8) is 0 Å². The van der Waals surface area contributed by atoms with Gasteiger partial charge >= 0.3 is 5.63 Å². The summed E-state index contributed by atoms with van der Waals surface area (Å²) in [5.41, 5.74) is -0.0971. The summed E-state index contributed by atoms with van der Waals surface area (Å²) in [6, 6.07) is 8.70. The Morgan fingerprint density at radius 2 is 1.88 bits per heavy atom. The predicted octanol–water partition coefficient (Wildman–Crippen LogP) is 0.687. The van der Waals surface area contributed by atoms with Crippen molar-refractivity contribution in [2.45, 2.75) is 6.92 Å². The van der Waals surface area contributed by atoms with Crippen molar-refractivity contribution < 1.29 is 14.0 Å². The van der Waals surface area contributed by atoms with Gasteiger partial charge in [-0.25, -0.2) is 4.79 Å². The van der Waals surface area contributed by atoms with E-state index in [2.05, 4.69) is 5.32 Å². The van der Waals surface area contributed by atoms with Crippen molar-refractivity contribution in [1.29, 1.82) is 0 Å². The average molecular weight is 343 g/mol. The molecule has 25 heavy (non-hydrogen) atoms. The van der Waals surface area contributed by atoms with Gasteiger partial charge in [0.15, 0.2) is 0 Å². The van der Waals surface area contributed by atoms with Crippen molar-refractivity contribution in [1.82, 2.24) is 15.1 Å². The summed E-state index contributed by atoms with van der Waals surface area (Å²) < 4.78 is 5.24. The summed E-state index contributed by atoms with van der Waals surface area (Å²) in [5, 5.41) is 3.48. The number of nitrogens with zero attached hydrogens (tertiary/aromatic N) is 2. The molecule has 2 amide bonds. The molecule has 1 aromatic carbocycles. The van der Waals surface area contributed by atoms with Gasteiger partial charge < -0.3 is 14.6 Å². The Kier molecular flexibility index (Phi) is 5.14. The lowest BCUT2D eigenvalue weighted by molar-refractivity contribution is -0.122. The van der Waals surface area contributed by atoms with Gasteiger partial charge in [-0.05, 0) is 19.1 Å². The molecule has 132 valence electrons. The van der Waals surface area contributed by atoms with E-state index in [0.717, 1.165) is 5.39 Å². The molecule has 2 aromatic rings. The van der Waals surface area contributed by atoms with Gasteiger partial charge in [0.05, 0.1) is 6.54 Å². The van der Waals surface area contributed by atoms with E-state index in [9.17, 15) is 14.4 Å². The summed E-state index contributed by atoms with van der Waals surface area (Å²) in [5.74, 6) is -0.338. The molecule has 0 atom stereocenters. The normalized spacial score (nSPS) is 15.3. The standard InChI is InChI=1S/C18H21N3O4/c1-2-19-16(22)12-20-7-9-21(10-8-20)17(23)14-11-13-5-3-4-6-15(13)25-18(14)24/h3-6,11H,2,7-10,12H2,1H3,(H,19,22). The van der Waals surface area contributed by atoms with Gasteiger partial charge in [0.1, 0.15) is 11.1 Å². The molecule has 1 aliphatic rings. The molecule has 0 radical (unpaired) electrons. The molecule has 0 unspecified atom stereocenters. The zero-order chi connectivity index (χ0) is 17.8. The molecule has 1 fully saturated rings. The second-order valence-electron chi connectivity index (χ2n) is 6.01. The van der Waals surface area contributed by atoms with E-state index < -0.39 is 5.63 Å². The van der Waals surface area contributed by atoms with Crippen molar-refractivity contribution in [2.24, 2.45) is 0 Å². The van der Waals surface area contributed by atoms with E-state index in [0.29, 0.717) is 44.9 Å². The topological polar surface area (TPSA) is 82.9 Å². The molecular formula is C18H21N3O4. The number of piperazine rings is 1. The number of amides is 2. The Morgan fingerprint density at radius 3 is 2.60 bits per heavy atom. The number of carbonyl (C=O) groups excluding carboxylic acids is 2. The molecule has 1 N–H and O–H groups in total. The van der Waals surface area contributed by atoms with Crippen LogP contribution < -0.4 is 10.9 Å². The SMILES string of the molecule is CCNC(=O)CN1CCN(C(=O)c2cc3ccccc3oc2=O)CC1. The molecule has 0 spiro atoms. The first kappa shape index (κ1) is 17.2. The zero-order valence-corrected chi connectivity index (χ0v) is 14.2. The molecule has 0 aliphatic carbocycles. The van der Waals surface area contributed by atoms with E-state index in [1.54, 1.807) is 29.2 Å². The number of hydrogen-bond acceptors (Lipinski definition) is 5. The highest BCUT2D eigenvalue weighted by atomic mass is 16.4. The van der Waals surface area contributed by atoms with Gasteiger partial charge in [-0.2, -0.15) is 0 Å². The van der Waals surface area contributed by atoms with Crippen molar-refractivity contribution in [3.05, 3.63) is 46.3 Å². The average Bonchev–Trinajstić information content (AvgIpc) is 2.61. The van der Waals surface area contributed by atoms with Gasteiger partial charge in [-0.15, -0.1) is 0 Å². The number of fused-ring (bicyclic) bond motifs is 1. The van der Waals surface area contributed by atoms with Gasteiger partial charge in [0.25, 0.3) is 5.91 Å². The van der Waals surface area contributed by atoms with Crippen molar-refractivity contribution >= 4 is 22.8 Å². The van der Waals surface area contributed by atoms with Crippen LogP contribution in [-0.2, 0) is 4.79 Å². The highest BCUT2D eigenvalue weighted by Crippen LogP contribution is 2.14. The van der Waals surface area contributed by atoms with E-state index in [-0.39, 0.29) is 17.4 Å². The number of carbonyl (C=O) groups is 2. The molecule has 7 heteroatoms. The van der Waals surface area contributed by atoms with Crippen LogP contribution in [0, 0.1) is 0 Å². The van der Waals surface area contributed by atoms with E-state index in [4.69, 9.17) is 4.42 Å². The lowest BCUT2D eigenvalue weighted by Crippen LogP contribution is -2.51. The Balaban J connectivity index is 1.68. The van der Waals surface area contributed by atoms with Crippen LogP contribution >= 0.6 is 0 Å². The fourth-order valence-electron chi connectivity index (χ4n) is 2.95. The Bertz CT molecular complexity index is 838. The van der Waals surface area contributed by atoms with Crippen LogP contribution in [-0.4, -0.2) is 60.9 Å². The first-order chi connectivity index (χ1) is 12.1. The molecule has 1 aromatic heterocycles. The smallest absolute Gasteiger partial charge is 0.349 e. The second kappa shape index (κ2) is 7.48. The van der Waals surface area contributed by atoms with Crippen LogP contribution in [0.2, 0.25) is 0 Å². The van der Waals surface area contributed by atoms with Crippen LogP contribution in [0.3, 0.4) is 0 Å². The van der Waals surface area contributed by atoms with Gasteiger partial charge in [0.2, 0.25) is 5.91 Å². The lowest BCUT2D eigenvalue weighted by atomic mass is 10.1. The van der Waals surface area contributed by atoms with E-state index in [1.807, 2.05) is 17.9 Å². The molecule has 1 aliphatic heterocycles. The van der Waals surface area contributed by atoms with Crippen LogP contribution in [0.15, 0.2) is 39.5 Å². The highest BCUT2D eigenvalue weighted by molar-refractivity contribution is 5.96. The Morgan fingerprint density at radius 1 is 1.16 bits per heavy atom. The number of nitrogens with one attached hydrogen (secondary N) is 1. The van der Waals surface area contributed by atoms with Crippen molar-refractivity contribution in [3.8, 4) is 0 Å². The monoisotopic (exact) mass is 343 g/mol. The minimum Gasteiger partial charge on any atom is -0.422 e. The Labute approximate surface area is 145 Å². The molecule has 0 bridgehead atoms. The number of hydrogen-bond donors (Lipinski definition) is 1. The third kappa shape index (κ3) is 3.88. The summed E-state index contributed by atoms with van der Waals surface area (Å²) in [7, 11) is 0. The minimum absolute atomic E-state index is 0.0162. The van der Waals surface area contributed by atoms with Crippen LogP contribution in [0.1, 0.15) is 17.3 Å². The fraction of sp³-hybridized carbons (Fsp3) is 0.389. The molecule has 1 saturated heterocycles. The fourth-order valence-corrected chi connectivity index (χ4v) is 2.95. The van der Waals surface area contributed by atoms with Crippen LogP contribution in [0.5, 0.6) is 0 Å². The lowest BCUT2D eigenvalue weighted by Gasteiger charge is -2.34. The predicted molar refractivity (Wildman–Crippen MR) is 93.5 cm³/mol. The first-order valence-electron chi connectivity index (χ1n) is 8.39. The molecule has 7 nitrogen and oxygen atoms in total. The summed E-state index contributed by atoms with van der Waals surface area (Å²) in [4.78, 5) is 40.0. The number of rotatable bonds is 4. The third-order valence-electron chi connectivity index (χ3n) is 4.27. The summed E-state index contributed by atoms with van der Waals surface area (Å²) in [6.07, 6.45) is 0. The Hall–Kier alpha value is -2.67. The summed E-state index contributed by atoms with van der Waals surface area (Å²) >= 11 is 0. The van der Waals surface area contributed by atoms with Gasteiger partial charge in [0, 0.05) is 38.1 Å². The second-order valence-corrected chi connectivity index (χ2v) is 6.01. The van der Waals surface area contributed by atoms with Gasteiger partial charge in [-0.1, -0.05) is 18.2 Å². The molecule has 0 saturated carbocycles. The molecule has 2 heterocycles. The number of benzene rings is 1. The van der Waals surface area contributed by atoms with Crippen LogP contribution in [0.25, 0.3) is 11.0 Å². The number of para-hydroxylation sites is 1.